The lowest BCUT2D eigenvalue weighted by atomic mass is 9.93. The van der Waals surface area contributed by atoms with Gasteiger partial charge in [-0.15, -0.1) is 0 Å². The van der Waals surface area contributed by atoms with Crippen molar-refractivity contribution in [1.29, 1.82) is 0 Å². The molecule has 1 aromatic heterocycles. The number of urea groups is 2. The average molecular weight is 443 g/mol. The van der Waals surface area contributed by atoms with E-state index >= 15 is 0 Å². The molecule has 0 radical (unpaired) electrons. The second kappa shape index (κ2) is 9.60. The molecule has 0 saturated carbocycles. The van der Waals surface area contributed by atoms with Crippen molar-refractivity contribution < 1.29 is 18.4 Å². The Bertz CT molecular complexity index is 966. The van der Waals surface area contributed by atoms with E-state index in [1.54, 1.807) is 4.90 Å². The molecular formula is C23H27F2N5O2. The summed E-state index contributed by atoms with van der Waals surface area (Å²) in [5, 5.41) is 0. The summed E-state index contributed by atoms with van der Waals surface area (Å²) >= 11 is 0. The van der Waals surface area contributed by atoms with Crippen molar-refractivity contribution in [2.75, 3.05) is 32.7 Å². The van der Waals surface area contributed by atoms with Gasteiger partial charge in [0.25, 0.3) is 0 Å². The molecule has 2 aromatic rings. The van der Waals surface area contributed by atoms with Crippen LogP contribution in [0.1, 0.15) is 42.5 Å². The normalized spacial score (nSPS) is 20.2. The quantitative estimate of drug-likeness (QED) is 0.741. The smallest absolute Gasteiger partial charge is 0.328 e. The minimum atomic E-state index is -1.02. The van der Waals surface area contributed by atoms with Crippen molar-refractivity contribution >= 4 is 12.1 Å². The zero-order chi connectivity index (χ0) is 22.7. The van der Waals surface area contributed by atoms with Crippen LogP contribution in [0.25, 0.3) is 0 Å². The molecule has 0 bridgehead atoms. The standard InChI is InChI=1S/C23H27F2N5O2/c24-18-6-5-17(14-19(18)25)21-15-29(23(32)30(21)22(26)31)11-3-10-28-12-7-16(8-13-28)20-4-1-2-9-27-20/h1-2,4-6,9,14,16,21H,3,7-8,10-13,15H2,(H2,26,31). The molecular weight excluding hydrogens is 416 g/mol. The molecule has 1 atom stereocenters. The number of imide groups is 1. The van der Waals surface area contributed by atoms with Crippen molar-refractivity contribution in [2.45, 2.75) is 31.2 Å². The molecule has 0 spiro atoms. The molecule has 32 heavy (non-hydrogen) atoms. The fourth-order valence-electron chi connectivity index (χ4n) is 4.62. The first-order valence-electron chi connectivity index (χ1n) is 10.9. The molecule has 1 unspecified atom stereocenters. The molecule has 2 saturated heterocycles. The van der Waals surface area contributed by atoms with Crippen LogP contribution >= 0.6 is 0 Å². The maximum absolute atomic E-state index is 13.7. The van der Waals surface area contributed by atoms with Crippen molar-refractivity contribution in [3.8, 4) is 0 Å². The molecule has 4 rings (SSSR count). The minimum Gasteiger partial charge on any atom is -0.351 e. The first-order chi connectivity index (χ1) is 15.4. The number of hydrogen-bond acceptors (Lipinski definition) is 4. The lowest BCUT2D eigenvalue weighted by Crippen LogP contribution is -2.41. The van der Waals surface area contributed by atoms with Crippen LogP contribution in [0.5, 0.6) is 0 Å². The number of carbonyl (C=O) groups is 2. The Morgan fingerprint density at radius 2 is 1.88 bits per heavy atom. The van der Waals surface area contributed by atoms with Gasteiger partial charge in [-0.25, -0.2) is 23.3 Å². The van der Waals surface area contributed by atoms with E-state index in [1.807, 2.05) is 18.3 Å². The number of piperidine rings is 1. The first kappa shape index (κ1) is 22.1. The number of carbonyl (C=O) groups excluding carboxylic acids is 2. The molecule has 170 valence electrons. The second-order valence-electron chi connectivity index (χ2n) is 8.35. The zero-order valence-electron chi connectivity index (χ0n) is 17.8. The van der Waals surface area contributed by atoms with Gasteiger partial charge in [0.05, 0.1) is 6.04 Å². The number of rotatable bonds is 6. The average Bonchev–Trinajstić information content (AvgIpc) is 3.13. The lowest BCUT2D eigenvalue weighted by molar-refractivity contribution is 0.178. The molecule has 2 N–H and O–H groups in total. The Morgan fingerprint density at radius 1 is 1.09 bits per heavy atom. The van der Waals surface area contributed by atoms with Crippen LogP contribution in [-0.2, 0) is 0 Å². The molecule has 9 heteroatoms. The van der Waals surface area contributed by atoms with Crippen LogP contribution in [0.2, 0.25) is 0 Å². The van der Waals surface area contributed by atoms with Gasteiger partial charge in [-0.2, -0.15) is 0 Å². The van der Waals surface area contributed by atoms with Crippen molar-refractivity contribution in [3.63, 3.8) is 0 Å². The van der Waals surface area contributed by atoms with E-state index in [-0.39, 0.29) is 6.54 Å². The van der Waals surface area contributed by atoms with Gasteiger partial charge in [0.2, 0.25) is 0 Å². The van der Waals surface area contributed by atoms with E-state index in [0.29, 0.717) is 18.0 Å². The van der Waals surface area contributed by atoms with Crippen molar-refractivity contribution in [3.05, 3.63) is 65.5 Å². The van der Waals surface area contributed by atoms with E-state index in [1.165, 1.54) is 6.07 Å². The molecule has 2 aliphatic heterocycles. The second-order valence-corrected chi connectivity index (χ2v) is 8.35. The number of nitrogens with two attached hydrogens (primary N) is 1. The summed E-state index contributed by atoms with van der Waals surface area (Å²) in [6.07, 6.45) is 4.68. The molecule has 7 nitrogen and oxygen atoms in total. The van der Waals surface area contributed by atoms with Gasteiger partial charge in [0, 0.05) is 30.9 Å². The third-order valence-electron chi connectivity index (χ3n) is 6.34. The van der Waals surface area contributed by atoms with Crippen LogP contribution in [0.3, 0.4) is 0 Å². The molecule has 4 amide bonds. The number of primary amides is 1. The number of halogens is 2. The van der Waals surface area contributed by atoms with Gasteiger partial charge in [-0.05, 0) is 68.7 Å². The molecule has 0 aliphatic carbocycles. The fraction of sp³-hybridized carbons (Fsp3) is 0.435. The van der Waals surface area contributed by atoms with E-state index in [9.17, 15) is 18.4 Å². The van der Waals surface area contributed by atoms with E-state index in [0.717, 1.165) is 61.6 Å². The zero-order valence-corrected chi connectivity index (χ0v) is 17.8. The highest BCUT2D eigenvalue weighted by Gasteiger charge is 2.41. The maximum Gasteiger partial charge on any atom is 0.328 e. The number of amides is 4. The molecule has 2 fully saturated rings. The third kappa shape index (κ3) is 4.72. The summed E-state index contributed by atoms with van der Waals surface area (Å²) in [5.74, 6) is -1.52. The van der Waals surface area contributed by atoms with Crippen LogP contribution in [-0.4, -0.2) is 64.5 Å². The van der Waals surface area contributed by atoms with Gasteiger partial charge in [-0.1, -0.05) is 12.1 Å². The van der Waals surface area contributed by atoms with Crippen molar-refractivity contribution in [1.82, 2.24) is 19.7 Å². The molecule has 2 aliphatic rings. The summed E-state index contributed by atoms with van der Waals surface area (Å²) in [6.45, 7) is 3.45. The number of pyridine rings is 1. The highest BCUT2D eigenvalue weighted by atomic mass is 19.2. The van der Waals surface area contributed by atoms with Crippen LogP contribution < -0.4 is 5.73 Å². The Balaban J connectivity index is 1.30. The number of nitrogens with zero attached hydrogens (tertiary/aromatic N) is 4. The number of likely N-dealkylation sites (tertiary alicyclic amines) is 1. The van der Waals surface area contributed by atoms with Gasteiger partial charge in [0.1, 0.15) is 0 Å². The maximum atomic E-state index is 13.7. The third-order valence-corrected chi connectivity index (χ3v) is 6.34. The summed E-state index contributed by atoms with van der Waals surface area (Å²) in [7, 11) is 0. The highest BCUT2D eigenvalue weighted by Crippen LogP contribution is 2.31. The Kier molecular flexibility index (Phi) is 6.64. The van der Waals surface area contributed by atoms with Gasteiger partial charge >= 0.3 is 12.1 Å². The van der Waals surface area contributed by atoms with Crippen LogP contribution in [0.15, 0.2) is 42.6 Å². The fourth-order valence-corrected chi connectivity index (χ4v) is 4.62. The predicted molar refractivity (Wildman–Crippen MR) is 115 cm³/mol. The summed E-state index contributed by atoms with van der Waals surface area (Å²) in [5.41, 5.74) is 6.90. The molecule has 1 aromatic carbocycles. The Labute approximate surface area is 185 Å². The number of aromatic nitrogens is 1. The summed E-state index contributed by atoms with van der Waals surface area (Å²) in [4.78, 5) is 33.9. The van der Waals surface area contributed by atoms with Gasteiger partial charge in [0.15, 0.2) is 11.6 Å². The summed E-state index contributed by atoms with van der Waals surface area (Å²) in [6, 6.07) is 7.27. The Hall–Kier alpha value is -3.07. The predicted octanol–water partition coefficient (Wildman–Crippen LogP) is 3.49. The van der Waals surface area contributed by atoms with Gasteiger partial charge < -0.3 is 15.5 Å². The molecule has 3 heterocycles. The SMILES string of the molecule is NC(=O)N1C(=O)N(CCCN2CCC(c3ccccn3)CC2)CC1c1ccc(F)c(F)c1. The number of benzene rings is 1. The van der Waals surface area contributed by atoms with Crippen molar-refractivity contribution in [2.24, 2.45) is 5.73 Å². The highest BCUT2D eigenvalue weighted by molar-refractivity contribution is 5.95. The van der Waals surface area contributed by atoms with E-state index in [4.69, 9.17) is 5.73 Å². The van der Waals surface area contributed by atoms with E-state index < -0.39 is 29.7 Å². The minimum absolute atomic E-state index is 0.203. The first-order valence-corrected chi connectivity index (χ1v) is 10.9. The number of hydrogen-bond donors (Lipinski definition) is 1. The van der Waals surface area contributed by atoms with Crippen LogP contribution in [0.4, 0.5) is 18.4 Å². The van der Waals surface area contributed by atoms with Gasteiger partial charge in [-0.3, -0.25) is 4.98 Å². The van der Waals surface area contributed by atoms with Crippen LogP contribution in [0, 0.1) is 11.6 Å². The topological polar surface area (TPSA) is 82.8 Å². The lowest BCUT2D eigenvalue weighted by Gasteiger charge is -2.32. The Morgan fingerprint density at radius 3 is 2.53 bits per heavy atom. The largest absolute Gasteiger partial charge is 0.351 e. The summed E-state index contributed by atoms with van der Waals surface area (Å²) < 4.78 is 27.0. The van der Waals surface area contributed by atoms with E-state index in [2.05, 4.69) is 16.0 Å². The monoisotopic (exact) mass is 443 g/mol.